The summed E-state index contributed by atoms with van der Waals surface area (Å²) in [6.07, 6.45) is 7.06. The molecule has 164 valence electrons. The van der Waals surface area contributed by atoms with Gasteiger partial charge >= 0.3 is 0 Å². The molecule has 0 spiro atoms. The molecule has 0 unspecified atom stereocenters. The zero-order valence-electron chi connectivity index (χ0n) is 18.3. The fraction of sp³-hybridized carbons (Fsp3) is 0.360. The van der Waals surface area contributed by atoms with Gasteiger partial charge in [0.2, 0.25) is 12.1 Å². The molecule has 2 aromatic rings. The highest BCUT2D eigenvalue weighted by molar-refractivity contribution is 6.20. The highest BCUT2D eigenvalue weighted by Crippen LogP contribution is 2.27. The van der Waals surface area contributed by atoms with Crippen LogP contribution in [0, 0.1) is 17.4 Å². The zero-order chi connectivity index (χ0) is 22.3. The standard InChI is InChI=1S/C25H28N6O/c1-31-21-15-9-8-14-20(21)22(19-12-6-3-7-13-19)29-23(24(31)32)30-25(28-17-26)27-16-18-10-4-2-5-11-18/h3,6-9,12-15,18,23H,2,4-5,10-11,16H2,1H3,(H2,27,28,30)/t23-/m0/s1. The van der Waals surface area contributed by atoms with E-state index in [9.17, 15) is 10.1 Å². The van der Waals surface area contributed by atoms with Crippen molar-refractivity contribution in [2.24, 2.45) is 15.9 Å². The van der Waals surface area contributed by atoms with Gasteiger partial charge in [-0.05, 0) is 24.8 Å². The monoisotopic (exact) mass is 428 g/mol. The average Bonchev–Trinajstić information content (AvgIpc) is 2.94. The first-order valence-electron chi connectivity index (χ1n) is 11.1. The van der Waals surface area contributed by atoms with E-state index in [4.69, 9.17) is 4.99 Å². The van der Waals surface area contributed by atoms with E-state index in [1.807, 2.05) is 60.8 Å². The Balaban J connectivity index is 1.67. The molecule has 1 aliphatic carbocycles. The number of nitriles is 1. The van der Waals surface area contributed by atoms with E-state index >= 15 is 0 Å². The molecule has 0 aromatic heterocycles. The number of anilines is 1. The molecule has 7 nitrogen and oxygen atoms in total. The molecule has 4 rings (SSSR count). The maximum atomic E-state index is 13.3. The van der Waals surface area contributed by atoms with E-state index in [2.05, 4.69) is 15.6 Å². The first-order valence-corrected chi connectivity index (χ1v) is 11.1. The topological polar surface area (TPSA) is 92.9 Å². The Morgan fingerprint density at radius 2 is 1.84 bits per heavy atom. The smallest absolute Gasteiger partial charge is 0.272 e. The second-order valence-corrected chi connectivity index (χ2v) is 8.24. The minimum absolute atomic E-state index is 0.214. The number of hydrogen-bond acceptors (Lipinski definition) is 4. The molecule has 0 radical (unpaired) electrons. The van der Waals surface area contributed by atoms with Gasteiger partial charge in [-0.2, -0.15) is 5.26 Å². The van der Waals surface area contributed by atoms with Gasteiger partial charge in [0, 0.05) is 24.7 Å². The summed E-state index contributed by atoms with van der Waals surface area (Å²) >= 11 is 0. The number of rotatable bonds is 4. The fourth-order valence-corrected chi connectivity index (χ4v) is 4.34. The van der Waals surface area contributed by atoms with Crippen molar-refractivity contribution in [1.82, 2.24) is 10.6 Å². The molecule has 0 bridgehead atoms. The van der Waals surface area contributed by atoms with Gasteiger partial charge in [0.15, 0.2) is 6.19 Å². The maximum absolute atomic E-state index is 13.3. The summed E-state index contributed by atoms with van der Waals surface area (Å²) < 4.78 is 0. The second kappa shape index (κ2) is 10.1. The average molecular weight is 429 g/mol. The molecular formula is C25H28N6O. The maximum Gasteiger partial charge on any atom is 0.272 e. The predicted molar refractivity (Wildman–Crippen MR) is 126 cm³/mol. The van der Waals surface area contributed by atoms with Crippen molar-refractivity contribution in [2.75, 3.05) is 18.5 Å². The highest BCUT2D eigenvalue weighted by Gasteiger charge is 2.30. The van der Waals surface area contributed by atoms with Crippen LogP contribution in [0.15, 0.2) is 64.6 Å². The molecule has 32 heavy (non-hydrogen) atoms. The van der Waals surface area contributed by atoms with Crippen LogP contribution < -0.4 is 15.5 Å². The number of aliphatic imine (C=N–C) groups is 2. The van der Waals surface area contributed by atoms with Crippen LogP contribution in [0.1, 0.15) is 43.2 Å². The molecule has 2 N–H and O–H groups in total. The van der Waals surface area contributed by atoms with Crippen LogP contribution in [0.4, 0.5) is 5.69 Å². The van der Waals surface area contributed by atoms with Gasteiger partial charge in [-0.1, -0.05) is 67.8 Å². The summed E-state index contributed by atoms with van der Waals surface area (Å²) in [6.45, 7) is 0.628. The van der Waals surface area contributed by atoms with E-state index in [-0.39, 0.29) is 11.9 Å². The molecule has 0 saturated heterocycles. The van der Waals surface area contributed by atoms with Crippen molar-refractivity contribution < 1.29 is 4.79 Å². The number of carbonyl (C=O) groups is 1. The van der Waals surface area contributed by atoms with Gasteiger partial charge in [0.05, 0.1) is 11.4 Å². The fourth-order valence-electron chi connectivity index (χ4n) is 4.34. The van der Waals surface area contributed by atoms with Crippen LogP contribution in [0.2, 0.25) is 0 Å². The molecule has 1 fully saturated rings. The van der Waals surface area contributed by atoms with Crippen molar-refractivity contribution in [2.45, 2.75) is 38.3 Å². The van der Waals surface area contributed by atoms with E-state index in [1.54, 1.807) is 11.9 Å². The largest absolute Gasteiger partial charge is 0.326 e. The lowest BCUT2D eigenvalue weighted by atomic mass is 9.89. The molecule has 7 heteroatoms. The molecule has 2 aliphatic rings. The summed E-state index contributed by atoms with van der Waals surface area (Å²) in [6, 6.07) is 17.6. The highest BCUT2D eigenvalue weighted by atomic mass is 16.2. The van der Waals surface area contributed by atoms with Crippen LogP contribution >= 0.6 is 0 Å². The molecule has 1 aliphatic heterocycles. The molecule has 1 heterocycles. The number of benzodiazepines with no additional fused rings is 1. The molecule has 1 amide bonds. The minimum atomic E-state index is -0.909. The number of fused-ring (bicyclic) bond motifs is 1. The van der Waals surface area contributed by atoms with Gasteiger partial charge in [0.1, 0.15) is 0 Å². The van der Waals surface area contributed by atoms with Gasteiger partial charge in [-0.15, -0.1) is 0 Å². The van der Waals surface area contributed by atoms with Gasteiger partial charge in [-0.25, -0.2) is 4.99 Å². The third-order valence-corrected chi connectivity index (χ3v) is 6.07. The summed E-state index contributed by atoms with van der Waals surface area (Å²) in [7, 11) is 1.75. The molecular weight excluding hydrogens is 400 g/mol. The number of nitrogens with one attached hydrogen (secondary N) is 2. The summed E-state index contributed by atoms with van der Waals surface area (Å²) in [5, 5.41) is 14.9. The minimum Gasteiger partial charge on any atom is -0.326 e. The van der Waals surface area contributed by atoms with Crippen molar-refractivity contribution in [3.05, 3.63) is 65.7 Å². The van der Waals surface area contributed by atoms with Gasteiger partial charge in [-0.3, -0.25) is 15.1 Å². The lowest BCUT2D eigenvalue weighted by Crippen LogP contribution is -2.49. The van der Waals surface area contributed by atoms with Crippen molar-refractivity contribution in [1.29, 1.82) is 5.26 Å². The van der Waals surface area contributed by atoms with Crippen LogP contribution in [0.25, 0.3) is 0 Å². The Labute approximate surface area is 188 Å². The van der Waals surface area contributed by atoms with Crippen molar-refractivity contribution in [3.8, 4) is 6.19 Å². The lowest BCUT2D eigenvalue weighted by Gasteiger charge is -2.22. The van der Waals surface area contributed by atoms with Crippen LogP contribution in [-0.4, -0.2) is 37.3 Å². The van der Waals surface area contributed by atoms with Crippen molar-refractivity contribution in [3.63, 3.8) is 0 Å². The Kier molecular flexibility index (Phi) is 6.81. The Bertz CT molecular complexity index is 1050. The van der Waals surface area contributed by atoms with Crippen LogP contribution in [0.3, 0.4) is 0 Å². The molecule has 2 aromatic carbocycles. The van der Waals surface area contributed by atoms with E-state index in [1.165, 1.54) is 19.3 Å². The Morgan fingerprint density at radius 3 is 2.59 bits per heavy atom. The number of benzene rings is 2. The number of hydrogen-bond donors (Lipinski definition) is 2. The third kappa shape index (κ3) is 4.80. The Hall–Kier alpha value is -3.66. The molecule has 1 saturated carbocycles. The van der Waals surface area contributed by atoms with Crippen molar-refractivity contribution >= 4 is 23.3 Å². The number of likely N-dealkylation sites (N-methyl/N-ethyl adjacent to an activating group) is 1. The quantitative estimate of drug-likeness (QED) is 0.338. The van der Waals surface area contributed by atoms with Crippen LogP contribution in [-0.2, 0) is 4.79 Å². The predicted octanol–water partition coefficient (Wildman–Crippen LogP) is 3.42. The lowest BCUT2D eigenvalue weighted by molar-refractivity contribution is -0.119. The second-order valence-electron chi connectivity index (χ2n) is 8.24. The van der Waals surface area contributed by atoms with Crippen LogP contribution in [0.5, 0.6) is 0 Å². The zero-order valence-corrected chi connectivity index (χ0v) is 18.3. The first kappa shape index (κ1) is 21.6. The van der Waals surface area contributed by atoms with E-state index < -0.39 is 6.17 Å². The summed E-state index contributed by atoms with van der Waals surface area (Å²) in [4.78, 5) is 24.3. The Morgan fingerprint density at radius 1 is 1.12 bits per heavy atom. The normalized spacial score (nSPS) is 19.4. The van der Waals surface area contributed by atoms with Gasteiger partial charge < -0.3 is 10.2 Å². The summed E-state index contributed by atoms with van der Waals surface area (Å²) in [5.41, 5.74) is 3.31. The SMILES string of the molecule is CN1C(=O)[C@H](NC(=NCC2CCCCC2)NC#N)N=C(c2ccccc2)c2ccccc21. The summed E-state index contributed by atoms with van der Waals surface area (Å²) in [5.74, 6) is 0.585. The number of para-hydroxylation sites is 1. The number of nitrogens with zero attached hydrogens (tertiary/aromatic N) is 4. The third-order valence-electron chi connectivity index (χ3n) is 6.07. The first-order chi connectivity index (χ1) is 15.7. The van der Waals surface area contributed by atoms with E-state index in [0.29, 0.717) is 12.5 Å². The number of guanidine groups is 1. The molecule has 1 atom stereocenters. The number of amides is 1. The number of carbonyl (C=O) groups excluding carboxylic acids is 1. The van der Waals surface area contributed by atoms with Gasteiger partial charge in [0.25, 0.3) is 5.91 Å². The van der Waals surface area contributed by atoms with E-state index in [0.717, 1.165) is 35.4 Å².